The van der Waals surface area contributed by atoms with E-state index in [9.17, 15) is 13.6 Å². The smallest absolute Gasteiger partial charge is 0.369 e. The van der Waals surface area contributed by atoms with Crippen LogP contribution >= 0.6 is 7.68 Å². The number of amides is 1. The van der Waals surface area contributed by atoms with Crippen molar-refractivity contribution in [1.82, 2.24) is 20.4 Å². The van der Waals surface area contributed by atoms with E-state index in [1.54, 1.807) is 13.1 Å². The molecule has 1 heterocycles. The standard InChI is InChI=1S/C41H71FN5O7P/c1-4-7-9-11-13-15-17-19-21-23-25-52-39-31-37(32-40(33-39)53-26-24-22-20-18-16-14-12-10-8-5-2)34-43-45-41(48)47-35-38(44-46-47)36-51-28-27-50-29-30-55(42,49)54-6-3/h31-35H,4-30,36H2,1-3H3,(H,45,48)/b43-34+. The molecular weight excluding hydrogens is 724 g/mol. The summed E-state index contributed by atoms with van der Waals surface area (Å²) in [7, 11) is -4.10. The summed E-state index contributed by atoms with van der Waals surface area (Å²) in [5, 5.41) is 11.9. The number of hydrogen-bond donors (Lipinski definition) is 1. The van der Waals surface area contributed by atoms with Crippen molar-refractivity contribution in [1.29, 1.82) is 0 Å². The van der Waals surface area contributed by atoms with E-state index in [1.165, 1.54) is 109 Å². The molecule has 0 aliphatic heterocycles. The lowest BCUT2D eigenvalue weighted by Gasteiger charge is -2.11. The van der Waals surface area contributed by atoms with Crippen molar-refractivity contribution >= 4 is 19.9 Å². The van der Waals surface area contributed by atoms with Gasteiger partial charge in [-0.3, -0.25) is 4.57 Å². The molecule has 55 heavy (non-hydrogen) atoms. The average Bonchev–Trinajstić information content (AvgIpc) is 3.65. The van der Waals surface area contributed by atoms with E-state index in [0.29, 0.717) is 30.4 Å². The second kappa shape index (κ2) is 32.2. The first-order valence-corrected chi connectivity index (χ1v) is 22.8. The van der Waals surface area contributed by atoms with E-state index in [-0.39, 0.29) is 39.2 Å². The normalized spacial score (nSPS) is 12.7. The number of hydrazone groups is 1. The predicted molar refractivity (Wildman–Crippen MR) is 218 cm³/mol. The number of carbonyl (C=O) groups is 1. The average molecular weight is 796 g/mol. The molecule has 1 unspecified atom stereocenters. The lowest BCUT2D eigenvalue weighted by molar-refractivity contribution is 0.0438. The summed E-state index contributed by atoms with van der Waals surface area (Å²) in [6.07, 6.45) is 28.0. The van der Waals surface area contributed by atoms with Crippen LogP contribution in [0.3, 0.4) is 0 Å². The number of unbranched alkanes of at least 4 members (excludes halogenated alkanes) is 18. The first kappa shape index (κ1) is 48.3. The molecule has 0 saturated heterocycles. The van der Waals surface area contributed by atoms with Crippen LogP contribution in [0.4, 0.5) is 8.99 Å². The van der Waals surface area contributed by atoms with E-state index in [4.69, 9.17) is 18.9 Å². The molecular formula is C41H71FN5O7P. The van der Waals surface area contributed by atoms with Gasteiger partial charge in [0, 0.05) is 11.6 Å². The number of rotatable bonds is 36. The van der Waals surface area contributed by atoms with Gasteiger partial charge in [-0.05, 0) is 31.9 Å². The molecule has 0 aliphatic carbocycles. The van der Waals surface area contributed by atoms with Gasteiger partial charge >= 0.3 is 13.7 Å². The SMILES string of the molecule is CCCCCCCCCCCCOc1cc(/C=N/NC(=O)n2cc(COCCOCCP(=O)(F)OCC)nn2)cc(OCCCCCCCCCCCC)c1. The van der Waals surface area contributed by atoms with Crippen LogP contribution in [0.15, 0.2) is 29.5 Å². The molecule has 0 spiro atoms. The molecule has 0 radical (unpaired) electrons. The van der Waals surface area contributed by atoms with Crippen molar-refractivity contribution < 1.29 is 37.0 Å². The molecule has 0 saturated carbocycles. The highest BCUT2D eigenvalue weighted by atomic mass is 31.2. The Bertz CT molecular complexity index is 1290. The zero-order chi connectivity index (χ0) is 39.7. The number of ether oxygens (including phenoxy) is 4. The Labute approximate surface area is 330 Å². The summed E-state index contributed by atoms with van der Waals surface area (Å²) in [5.41, 5.74) is 3.65. The van der Waals surface area contributed by atoms with Gasteiger partial charge in [0.05, 0.1) is 64.8 Å². The molecule has 1 aromatic carbocycles. The van der Waals surface area contributed by atoms with Gasteiger partial charge < -0.3 is 23.5 Å². The summed E-state index contributed by atoms with van der Waals surface area (Å²) in [5.74, 6) is 1.42. The third-order valence-electron chi connectivity index (χ3n) is 9.00. The molecule has 1 atom stereocenters. The van der Waals surface area contributed by atoms with Gasteiger partial charge in [0.15, 0.2) is 0 Å². The zero-order valence-electron chi connectivity index (χ0n) is 34.2. The predicted octanol–water partition coefficient (Wildman–Crippen LogP) is 11.2. The molecule has 14 heteroatoms. The van der Waals surface area contributed by atoms with Gasteiger partial charge in [-0.15, -0.1) is 5.10 Å². The van der Waals surface area contributed by atoms with Crippen LogP contribution in [0.2, 0.25) is 0 Å². The number of aromatic nitrogens is 3. The van der Waals surface area contributed by atoms with Gasteiger partial charge in [-0.1, -0.05) is 135 Å². The lowest BCUT2D eigenvalue weighted by Crippen LogP contribution is -2.24. The summed E-state index contributed by atoms with van der Waals surface area (Å²) in [4.78, 5) is 12.7. The first-order valence-electron chi connectivity index (χ1n) is 21.1. The Balaban J connectivity index is 1.80. The van der Waals surface area contributed by atoms with Crippen molar-refractivity contribution in [2.24, 2.45) is 5.10 Å². The third-order valence-corrected chi connectivity index (χ3v) is 10.4. The highest BCUT2D eigenvalue weighted by molar-refractivity contribution is 7.53. The molecule has 0 aliphatic rings. The fourth-order valence-corrected chi connectivity index (χ4v) is 6.76. The lowest BCUT2D eigenvalue weighted by atomic mass is 10.1. The van der Waals surface area contributed by atoms with Crippen molar-refractivity contribution in [3.05, 3.63) is 35.7 Å². The highest BCUT2D eigenvalue weighted by Crippen LogP contribution is 2.47. The quantitative estimate of drug-likeness (QED) is 0.0309. The van der Waals surface area contributed by atoms with Crippen molar-refractivity contribution in [2.75, 3.05) is 45.8 Å². The number of nitrogens with zero attached hydrogens (tertiary/aromatic N) is 4. The first-order chi connectivity index (χ1) is 26.9. The molecule has 0 bridgehead atoms. The Kier molecular flexibility index (Phi) is 28.3. The minimum atomic E-state index is -4.10. The second-order valence-corrected chi connectivity index (χ2v) is 15.9. The van der Waals surface area contributed by atoms with Crippen LogP contribution in [0, 0.1) is 0 Å². The monoisotopic (exact) mass is 796 g/mol. The Morgan fingerprint density at radius 3 is 1.76 bits per heavy atom. The van der Waals surface area contributed by atoms with E-state index in [2.05, 4.69) is 39.2 Å². The largest absolute Gasteiger partial charge is 0.493 e. The molecule has 1 aromatic heterocycles. The molecule has 314 valence electrons. The molecule has 2 rings (SSSR count). The van der Waals surface area contributed by atoms with Crippen LogP contribution in [0.25, 0.3) is 0 Å². The fourth-order valence-electron chi connectivity index (χ4n) is 5.90. The fraction of sp³-hybridized carbons (Fsp3) is 0.756. The van der Waals surface area contributed by atoms with Crippen LogP contribution in [-0.4, -0.2) is 73.0 Å². The van der Waals surface area contributed by atoms with E-state index in [0.717, 1.165) is 35.9 Å². The van der Waals surface area contributed by atoms with E-state index in [1.807, 2.05) is 18.2 Å². The van der Waals surface area contributed by atoms with Gasteiger partial charge in [0.2, 0.25) is 0 Å². The number of hydrogen-bond acceptors (Lipinski definition) is 10. The molecule has 1 amide bonds. The zero-order valence-corrected chi connectivity index (χ0v) is 35.1. The summed E-state index contributed by atoms with van der Waals surface area (Å²) >= 11 is 0. The topological polar surface area (TPSA) is 135 Å². The Morgan fingerprint density at radius 1 is 0.727 bits per heavy atom. The van der Waals surface area contributed by atoms with Crippen LogP contribution in [0.5, 0.6) is 11.5 Å². The van der Waals surface area contributed by atoms with Crippen LogP contribution in [-0.2, 0) is 25.2 Å². The Morgan fingerprint density at radius 2 is 1.24 bits per heavy atom. The maximum Gasteiger partial charge on any atom is 0.369 e. The Hall–Kier alpha value is -2.86. The summed E-state index contributed by atoms with van der Waals surface area (Å²) < 4.78 is 53.6. The van der Waals surface area contributed by atoms with Crippen molar-refractivity contribution in [2.45, 2.75) is 156 Å². The number of carbonyl (C=O) groups excluding carboxylic acids is 1. The summed E-state index contributed by atoms with van der Waals surface area (Å²) in [6, 6.07) is 5.12. The maximum absolute atomic E-state index is 13.5. The third kappa shape index (κ3) is 25.8. The van der Waals surface area contributed by atoms with Gasteiger partial charge in [0.1, 0.15) is 17.2 Å². The van der Waals surface area contributed by atoms with Gasteiger partial charge in [-0.2, -0.15) is 14.0 Å². The number of halogens is 1. The number of nitrogens with one attached hydrogen (secondary N) is 1. The second-order valence-electron chi connectivity index (χ2n) is 14.0. The van der Waals surface area contributed by atoms with E-state index < -0.39 is 13.7 Å². The van der Waals surface area contributed by atoms with Crippen molar-refractivity contribution in [3.8, 4) is 11.5 Å². The highest BCUT2D eigenvalue weighted by Gasteiger charge is 2.20. The number of benzene rings is 1. The summed E-state index contributed by atoms with van der Waals surface area (Å²) in [6.45, 7) is 7.81. The molecule has 0 fully saturated rings. The van der Waals surface area contributed by atoms with Crippen molar-refractivity contribution in [3.63, 3.8) is 0 Å². The van der Waals surface area contributed by atoms with E-state index >= 15 is 0 Å². The van der Waals surface area contributed by atoms with Gasteiger partial charge in [0.25, 0.3) is 0 Å². The maximum atomic E-state index is 13.5. The van der Waals surface area contributed by atoms with Crippen LogP contribution < -0.4 is 14.9 Å². The molecule has 12 nitrogen and oxygen atoms in total. The minimum Gasteiger partial charge on any atom is -0.493 e. The molecule has 1 N–H and O–H groups in total. The van der Waals surface area contributed by atoms with Crippen LogP contribution in [0.1, 0.15) is 160 Å². The van der Waals surface area contributed by atoms with Gasteiger partial charge in [-0.25, -0.2) is 10.2 Å². The minimum absolute atomic E-state index is 0.0422. The molecule has 2 aromatic rings.